The largest absolute Gasteiger partial charge is 0.481 e. The second-order valence-corrected chi connectivity index (χ2v) is 19.2. The van der Waals surface area contributed by atoms with Crippen LogP contribution in [-0.2, 0) is 46.3 Å². The van der Waals surface area contributed by atoms with E-state index in [0.717, 1.165) is 68.6 Å². The number of carbonyl (C=O) groups is 2. The molecule has 19 nitrogen and oxygen atoms in total. The molecule has 3 unspecified atom stereocenters. The number of phosphoric ester groups is 2. The third kappa shape index (κ3) is 26.7. The van der Waals surface area contributed by atoms with E-state index in [4.69, 9.17) is 29.0 Å². The number of unbranched alkanes of at least 4 members (excludes halogenated alkanes) is 6. The zero-order chi connectivity index (χ0) is 48.8. The van der Waals surface area contributed by atoms with Gasteiger partial charge in [-0.25, -0.2) is 13.9 Å². The van der Waals surface area contributed by atoms with Crippen LogP contribution in [0.15, 0.2) is 77.8 Å². The zero-order valence-corrected chi connectivity index (χ0v) is 40.3. The number of phosphoric acid groups is 2. The monoisotopic (exact) mass is 973 g/mol. The number of aliphatic hydroxyl groups excluding tert-OH is 3. The highest BCUT2D eigenvalue weighted by Crippen LogP contribution is 2.60. The van der Waals surface area contributed by atoms with E-state index in [2.05, 4.69) is 60.4 Å². The van der Waals surface area contributed by atoms with Crippen LogP contribution in [0.2, 0.25) is 0 Å². The molecule has 1 saturated heterocycles. The molecule has 1 aliphatic rings. The highest BCUT2D eigenvalue weighted by atomic mass is 31.3. The van der Waals surface area contributed by atoms with E-state index < -0.39 is 89.8 Å². The minimum atomic E-state index is -5.46. The molecule has 0 aliphatic carbocycles. The molecule has 0 saturated carbocycles. The van der Waals surface area contributed by atoms with Gasteiger partial charge in [-0.2, -0.15) is 9.29 Å². The molecule has 0 aromatic carbocycles. The Morgan fingerprint density at radius 3 is 2.08 bits per heavy atom. The number of anilines is 1. The number of aromatic nitrogens is 2. The Morgan fingerprint density at radius 2 is 1.42 bits per heavy atom. The Kier molecular flexibility index (Phi) is 29.3. The molecular weight excluding hydrogens is 900 g/mol. The zero-order valence-electron chi connectivity index (χ0n) is 38.5. The maximum absolute atomic E-state index is 12.8. The van der Waals surface area contributed by atoms with Gasteiger partial charge in [0.2, 0.25) is 0 Å². The van der Waals surface area contributed by atoms with Crippen molar-refractivity contribution in [1.82, 2.24) is 9.55 Å². The van der Waals surface area contributed by atoms with Gasteiger partial charge in [0.05, 0.1) is 19.3 Å². The second kappa shape index (κ2) is 33.0. The number of allylic oxidation sites excluding steroid dienone is 9. The first-order chi connectivity index (χ1) is 31.4. The van der Waals surface area contributed by atoms with Crippen LogP contribution in [0.25, 0.3) is 0 Å². The fourth-order valence-electron chi connectivity index (χ4n) is 6.35. The minimum absolute atomic E-state index is 0.00516. The van der Waals surface area contributed by atoms with Gasteiger partial charge in [-0.05, 0) is 56.9 Å². The SMILES string of the molecule is CC/C=C\C/C=C\C/C=C\C/C=C\C=C\C(O)CCCC(=O)OC[C@H](COP(=O)(O)OP(=O)(O)OC[C@H]1O[C@@H](n2ccc(N)nc2=O)[C@H](O)[C@@H]1O)OC(=O)CCCCCCCCCC(C)C. The van der Waals surface area contributed by atoms with E-state index in [9.17, 15) is 48.6 Å². The summed E-state index contributed by atoms with van der Waals surface area (Å²) in [5.41, 5.74) is 4.56. The van der Waals surface area contributed by atoms with Gasteiger partial charge >= 0.3 is 33.3 Å². The number of hydrogen-bond donors (Lipinski definition) is 6. The van der Waals surface area contributed by atoms with Gasteiger partial charge in [0.1, 0.15) is 30.7 Å². The van der Waals surface area contributed by atoms with Crippen molar-refractivity contribution in [1.29, 1.82) is 0 Å². The van der Waals surface area contributed by atoms with Crippen LogP contribution in [0, 0.1) is 5.92 Å². The molecule has 1 fully saturated rings. The normalized spacial score (nSPS) is 20.8. The van der Waals surface area contributed by atoms with Crippen molar-refractivity contribution >= 4 is 33.4 Å². The summed E-state index contributed by atoms with van der Waals surface area (Å²) in [5.74, 6) is -0.849. The predicted molar refractivity (Wildman–Crippen MR) is 248 cm³/mol. The molecule has 66 heavy (non-hydrogen) atoms. The van der Waals surface area contributed by atoms with Crippen LogP contribution in [0.4, 0.5) is 5.82 Å². The molecule has 0 bridgehead atoms. The van der Waals surface area contributed by atoms with Crippen LogP contribution >= 0.6 is 15.6 Å². The smallest absolute Gasteiger partial charge is 0.462 e. The Balaban J connectivity index is 1.88. The summed E-state index contributed by atoms with van der Waals surface area (Å²) < 4.78 is 56.4. The summed E-state index contributed by atoms with van der Waals surface area (Å²) in [6, 6.07) is 1.23. The molecule has 21 heteroatoms. The van der Waals surface area contributed by atoms with Gasteiger partial charge < -0.3 is 45.1 Å². The number of ether oxygens (including phenoxy) is 3. The van der Waals surface area contributed by atoms with Gasteiger partial charge in [0, 0.05) is 19.0 Å². The molecule has 2 rings (SSSR count). The van der Waals surface area contributed by atoms with Crippen LogP contribution in [-0.4, -0.2) is 96.9 Å². The van der Waals surface area contributed by atoms with Crippen molar-refractivity contribution < 1.29 is 71.4 Å². The van der Waals surface area contributed by atoms with E-state index >= 15 is 0 Å². The van der Waals surface area contributed by atoms with Crippen molar-refractivity contribution in [3.8, 4) is 0 Å². The Morgan fingerprint density at radius 1 is 0.818 bits per heavy atom. The minimum Gasteiger partial charge on any atom is -0.462 e. The summed E-state index contributed by atoms with van der Waals surface area (Å²) in [5, 5.41) is 31.2. The van der Waals surface area contributed by atoms with Crippen molar-refractivity contribution in [2.75, 3.05) is 25.6 Å². The topological polar surface area (TPSA) is 286 Å². The average molecular weight is 974 g/mol. The molecule has 2 heterocycles. The first kappa shape index (κ1) is 58.5. The lowest BCUT2D eigenvalue weighted by Crippen LogP contribution is -2.36. The van der Waals surface area contributed by atoms with Gasteiger partial charge in [-0.3, -0.25) is 23.2 Å². The Hall–Kier alpha value is -3.58. The Bertz CT molecular complexity index is 1870. The highest BCUT2D eigenvalue weighted by Gasteiger charge is 2.46. The molecule has 1 aromatic rings. The molecule has 1 aliphatic heterocycles. The summed E-state index contributed by atoms with van der Waals surface area (Å²) in [7, 11) is -10.9. The van der Waals surface area contributed by atoms with Crippen molar-refractivity contribution in [3.05, 3.63) is 83.5 Å². The molecule has 0 radical (unpaired) electrons. The van der Waals surface area contributed by atoms with Crippen molar-refractivity contribution in [2.24, 2.45) is 5.92 Å². The Labute approximate surface area is 388 Å². The molecule has 1 aromatic heterocycles. The van der Waals surface area contributed by atoms with Gasteiger partial charge in [0.15, 0.2) is 12.3 Å². The second-order valence-electron chi connectivity index (χ2n) is 16.2. The number of aliphatic hydroxyl groups is 3. The molecule has 7 N–H and O–H groups in total. The van der Waals surface area contributed by atoms with Gasteiger partial charge in [0.25, 0.3) is 0 Å². The van der Waals surface area contributed by atoms with E-state index in [1.54, 1.807) is 12.2 Å². The highest BCUT2D eigenvalue weighted by molar-refractivity contribution is 7.61. The van der Waals surface area contributed by atoms with E-state index in [1.165, 1.54) is 18.9 Å². The number of rotatable bonds is 35. The third-order valence-electron chi connectivity index (χ3n) is 9.90. The first-order valence-corrected chi connectivity index (χ1v) is 25.8. The quantitative estimate of drug-likeness (QED) is 0.0129. The van der Waals surface area contributed by atoms with Gasteiger partial charge in [-0.1, -0.05) is 126 Å². The van der Waals surface area contributed by atoms with E-state index in [0.29, 0.717) is 12.3 Å². The molecule has 0 amide bonds. The van der Waals surface area contributed by atoms with Gasteiger partial charge in [-0.15, -0.1) is 0 Å². The summed E-state index contributed by atoms with van der Waals surface area (Å²) in [4.78, 5) is 61.6. The lowest BCUT2D eigenvalue weighted by atomic mass is 10.0. The molecular formula is C45H73N3O16P2. The van der Waals surface area contributed by atoms with Crippen molar-refractivity contribution in [2.45, 2.75) is 160 Å². The summed E-state index contributed by atoms with van der Waals surface area (Å²) in [6.07, 6.45) is 23.9. The third-order valence-corrected chi connectivity index (χ3v) is 12.5. The lowest BCUT2D eigenvalue weighted by Gasteiger charge is -2.21. The number of carbonyl (C=O) groups excluding carboxylic acids is 2. The fourth-order valence-corrected chi connectivity index (χ4v) is 8.46. The van der Waals surface area contributed by atoms with Crippen molar-refractivity contribution in [3.63, 3.8) is 0 Å². The van der Waals surface area contributed by atoms with Crippen LogP contribution in [0.3, 0.4) is 0 Å². The predicted octanol–water partition coefficient (Wildman–Crippen LogP) is 7.21. The van der Waals surface area contributed by atoms with E-state index in [1.807, 2.05) is 18.2 Å². The average Bonchev–Trinajstić information content (AvgIpc) is 3.53. The van der Waals surface area contributed by atoms with Crippen LogP contribution < -0.4 is 11.4 Å². The summed E-state index contributed by atoms with van der Waals surface area (Å²) in [6.45, 7) is 4.01. The number of esters is 2. The molecule has 374 valence electrons. The summed E-state index contributed by atoms with van der Waals surface area (Å²) >= 11 is 0. The van der Waals surface area contributed by atoms with E-state index in [-0.39, 0.29) is 31.5 Å². The number of hydrogen-bond acceptors (Lipinski definition) is 16. The molecule has 8 atom stereocenters. The first-order valence-electron chi connectivity index (χ1n) is 22.8. The number of nitrogens with two attached hydrogens (primary N) is 1. The van der Waals surface area contributed by atoms with Crippen LogP contribution in [0.1, 0.15) is 130 Å². The number of nitrogens with zero attached hydrogens (tertiary/aromatic N) is 2. The molecule has 0 spiro atoms. The maximum atomic E-state index is 12.8. The standard InChI is InChI=1S/C45H73N3O16P2/c1-4-5-6-7-8-9-10-11-12-13-16-19-22-26-36(49)27-24-29-40(50)59-32-37(62-41(51)28-23-20-17-14-15-18-21-25-35(2)3)33-60-65(55,56)64-66(57,58)61-34-38-42(52)43(53)44(63-38)48-31-30-39(46)47-45(48)54/h5-6,8-9,11-12,16,19,22,26,30-31,35-38,42-44,49,52-53H,4,7,10,13-15,17-18,20-21,23-25,27-29,32-34H2,1-3H3,(H,55,56)(H,57,58)(H2,46,47,54)/b6-5-,9-8-,12-11-,19-16-,26-22+/t36?,37-,38-,42-,43-,44-/m1/s1. The fraction of sp³-hybridized carbons (Fsp3) is 0.644. The maximum Gasteiger partial charge on any atom is 0.481 e. The number of nitrogen functional groups attached to an aromatic ring is 1. The van der Waals surface area contributed by atoms with Crippen LogP contribution in [0.5, 0.6) is 0 Å². The lowest BCUT2D eigenvalue weighted by molar-refractivity contribution is -0.161.